The smallest absolute Gasteiger partial charge is 0.248 e. The van der Waals surface area contributed by atoms with Crippen molar-refractivity contribution in [3.8, 4) is 0 Å². The number of hydrogen-bond donors (Lipinski definition) is 0. The maximum atomic E-state index is 13.3. The molecule has 1 aromatic heterocycles. The molecule has 2 aromatic rings. The number of allylic oxidation sites excluding steroid dienone is 2. The lowest BCUT2D eigenvalue weighted by Crippen LogP contribution is -2.44. The van der Waals surface area contributed by atoms with E-state index in [0.29, 0.717) is 11.7 Å². The first-order valence-corrected chi connectivity index (χ1v) is 11.5. The van der Waals surface area contributed by atoms with Crippen LogP contribution in [0.5, 0.6) is 0 Å². The molecule has 0 unspecified atom stereocenters. The largest absolute Gasteiger partial charge is 0.287 e. The minimum atomic E-state index is -0.269. The second-order valence-corrected chi connectivity index (χ2v) is 9.64. The van der Waals surface area contributed by atoms with Gasteiger partial charge in [-0.15, -0.1) is 0 Å². The summed E-state index contributed by atoms with van der Waals surface area (Å²) in [5.74, 6) is -0.817. The molecular weight excluding hydrogens is 398 g/mol. The average Bonchev–Trinajstić information content (AvgIpc) is 3.48. The van der Waals surface area contributed by atoms with Crippen LogP contribution in [-0.2, 0) is 14.4 Å². The lowest BCUT2D eigenvalue weighted by Gasteiger charge is -2.23. The van der Waals surface area contributed by atoms with Gasteiger partial charge in [-0.25, -0.2) is 4.98 Å². The monoisotopic (exact) mass is 423 g/mol. The van der Waals surface area contributed by atoms with Crippen LogP contribution < -0.4 is 4.90 Å². The molecule has 156 valence electrons. The third kappa shape index (κ3) is 2.98. The Balaban J connectivity index is 1.39. The number of rotatable bonds is 6. The third-order valence-corrected chi connectivity index (χ3v) is 7.70. The Bertz CT molecular complexity index is 1040. The first kappa shape index (κ1) is 19.4. The van der Waals surface area contributed by atoms with Gasteiger partial charge in [0.25, 0.3) is 0 Å². The van der Waals surface area contributed by atoms with Gasteiger partial charge in [-0.05, 0) is 49.3 Å². The number of anilines is 1. The van der Waals surface area contributed by atoms with Crippen molar-refractivity contribution in [3.63, 3.8) is 0 Å². The number of unbranched alkanes of at least 4 members (excludes halogenated alkanes) is 1. The highest BCUT2D eigenvalue weighted by Crippen LogP contribution is 2.52. The summed E-state index contributed by atoms with van der Waals surface area (Å²) >= 11 is 1.48. The van der Waals surface area contributed by atoms with Gasteiger partial charge in [0.2, 0.25) is 17.7 Å². The van der Waals surface area contributed by atoms with Crippen LogP contribution >= 0.6 is 11.3 Å². The van der Waals surface area contributed by atoms with Gasteiger partial charge in [-0.1, -0.05) is 42.9 Å². The summed E-state index contributed by atoms with van der Waals surface area (Å²) in [5.41, 5.74) is 2.01. The maximum absolute atomic E-state index is 13.3. The molecule has 2 heterocycles. The van der Waals surface area contributed by atoms with Gasteiger partial charge >= 0.3 is 0 Å². The molecule has 4 atom stereocenters. The van der Waals surface area contributed by atoms with E-state index in [-0.39, 0.29) is 47.9 Å². The summed E-state index contributed by atoms with van der Waals surface area (Å²) in [6.45, 7) is 4.44. The molecule has 7 heteroatoms. The van der Waals surface area contributed by atoms with E-state index in [1.807, 2.05) is 19.1 Å². The molecule has 0 radical (unpaired) electrons. The summed E-state index contributed by atoms with van der Waals surface area (Å²) in [4.78, 5) is 46.7. The van der Waals surface area contributed by atoms with Crippen molar-refractivity contribution < 1.29 is 14.4 Å². The second kappa shape index (κ2) is 7.30. The highest BCUT2D eigenvalue weighted by molar-refractivity contribution is 7.22. The quantitative estimate of drug-likeness (QED) is 0.526. The molecule has 1 saturated heterocycles. The Morgan fingerprint density at radius 3 is 2.57 bits per heavy atom. The molecule has 5 rings (SSSR count). The third-order valence-electron chi connectivity index (χ3n) is 6.65. The van der Waals surface area contributed by atoms with E-state index in [1.165, 1.54) is 16.2 Å². The van der Waals surface area contributed by atoms with Crippen LogP contribution in [0.4, 0.5) is 5.13 Å². The zero-order valence-corrected chi connectivity index (χ0v) is 18.0. The van der Waals surface area contributed by atoms with E-state index < -0.39 is 0 Å². The molecule has 0 N–H and O–H groups in total. The topological polar surface area (TPSA) is 70.6 Å². The Morgan fingerprint density at radius 1 is 1.20 bits per heavy atom. The standard InChI is InChI=1S/C23H25N3O3S/c1-3-4-9-25(23-24-16-8-5-13(2)10-17(16)30-23)18(27)12-26-21(28)19-14-6-7-15(11-14)20(19)22(26)29/h5-8,10,14-15,19-20H,3-4,9,11-12H2,1-2H3/t14-,15-,19-,20-/m0/s1. The highest BCUT2D eigenvalue weighted by Gasteiger charge is 2.59. The van der Waals surface area contributed by atoms with Crippen LogP contribution in [0.3, 0.4) is 0 Å². The van der Waals surface area contributed by atoms with E-state index >= 15 is 0 Å². The van der Waals surface area contributed by atoms with Crippen LogP contribution in [0, 0.1) is 30.6 Å². The first-order chi connectivity index (χ1) is 14.5. The lowest BCUT2D eigenvalue weighted by atomic mass is 9.85. The van der Waals surface area contributed by atoms with Crippen molar-refractivity contribution in [2.24, 2.45) is 23.7 Å². The Morgan fingerprint density at radius 2 is 1.90 bits per heavy atom. The van der Waals surface area contributed by atoms with Crippen LogP contribution in [0.1, 0.15) is 31.7 Å². The van der Waals surface area contributed by atoms with E-state index in [9.17, 15) is 14.4 Å². The molecular formula is C23H25N3O3S. The molecule has 1 saturated carbocycles. The van der Waals surface area contributed by atoms with E-state index in [1.54, 1.807) is 4.90 Å². The van der Waals surface area contributed by atoms with Crippen LogP contribution in [0.2, 0.25) is 0 Å². The highest BCUT2D eigenvalue weighted by atomic mass is 32.1. The number of aromatic nitrogens is 1. The van der Waals surface area contributed by atoms with Gasteiger partial charge in [-0.3, -0.25) is 24.2 Å². The number of aryl methyl sites for hydroxylation is 1. The number of fused-ring (bicyclic) bond motifs is 6. The zero-order chi connectivity index (χ0) is 21.0. The molecule has 2 aliphatic carbocycles. The van der Waals surface area contributed by atoms with Crippen LogP contribution in [-0.4, -0.2) is 40.7 Å². The maximum Gasteiger partial charge on any atom is 0.248 e. The number of imide groups is 1. The van der Waals surface area contributed by atoms with E-state index in [2.05, 4.69) is 30.1 Å². The molecule has 1 aromatic carbocycles. The Labute approximate surface area is 179 Å². The van der Waals surface area contributed by atoms with Gasteiger partial charge in [0.05, 0.1) is 22.1 Å². The molecule has 3 amide bonds. The fraction of sp³-hybridized carbons (Fsp3) is 0.478. The number of amides is 3. The van der Waals surface area contributed by atoms with E-state index in [4.69, 9.17) is 0 Å². The van der Waals surface area contributed by atoms with Crippen molar-refractivity contribution in [2.45, 2.75) is 33.1 Å². The summed E-state index contributed by atoms with van der Waals surface area (Å²) in [6, 6.07) is 6.04. The van der Waals surface area contributed by atoms with Crippen molar-refractivity contribution in [3.05, 3.63) is 35.9 Å². The minimum Gasteiger partial charge on any atom is -0.287 e. The number of likely N-dealkylation sites (tertiary alicyclic amines) is 1. The number of carbonyl (C=O) groups excluding carboxylic acids is 3. The van der Waals surface area contributed by atoms with Crippen molar-refractivity contribution in [1.82, 2.24) is 9.88 Å². The molecule has 0 spiro atoms. The van der Waals surface area contributed by atoms with Gasteiger partial charge in [0.1, 0.15) is 6.54 Å². The minimum absolute atomic E-state index is 0.153. The molecule has 30 heavy (non-hydrogen) atoms. The second-order valence-electron chi connectivity index (χ2n) is 8.63. The summed E-state index contributed by atoms with van der Waals surface area (Å²) in [6.07, 6.45) is 6.80. The molecule has 1 aliphatic heterocycles. The Hall–Kier alpha value is -2.54. The van der Waals surface area contributed by atoms with Crippen LogP contribution in [0.25, 0.3) is 10.2 Å². The predicted molar refractivity (Wildman–Crippen MR) is 116 cm³/mol. The van der Waals surface area contributed by atoms with Crippen molar-refractivity contribution in [1.29, 1.82) is 0 Å². The first-order valence-electron chi connectivity index (χ1n) is 10.7. The number of hydrogen-bond acceptors (Lipinski definition) is 5. The van der Waals surface area contributed by atoms with Gasteiger partial charge < -0.3 is 0 Å². The van der Waals surface area contributed by atoms with Crippen LogP contribution in [0.15, 0.2) is 30.4 Å². The van der Waals surface area contributed by atoms with E-state index in [0.717, 1.165) is 35.0 Å². The van der Waals surface area contributed by atoms with Crippen molar-refractivity contribution >= 4 is 44.4 Å². The van der Waals surface area contributed by atoms with Gasteiger partial charge in [0, 0.05) is 6.54 Å². The fourth-order valence-corrected chi connectivity index (χ4v) is 6.23. The summed E-state index contributed by atoms with van der Waals surface area (Å²) < 4.78 is 1.03. The number of carbonyl (C=O) groups is 3. The molecule has 3 aliphatic rings. The number of nitrogens with zero attached hydrogens (tertiary/aromatic N) is 3. The number of benzene rings is 1. The van der Waals surface area contributed by atoms with Crippen molar-refractivity contribution in [2.75, 3.05) is 18.0 Å². The molecule has 2 bridgehead atoms. The Kier molecular flexibility index (Phi) is 4.73. The van der Waals surface area contributed by atoms with Gasteiger partial charge in [-0.2, -0.15) is 0 Å². The zero-order valence-electron chi connectivity index (χ0n) is 17.2. The molecule has 6 nitrogen and oxygen atoms in total. The normalized spacial score (nSPS) is 26.8. The summed E-state index contributed by atoms with van der Waals surface area (Å²) in [5, 5.41) is 0.634. The van der Waals surface area contributed by atoms with Gasteiger partial charge in [0.15, 0.2) is 5.13 Å². The summed E-state index contributed by atoms with van der Waals surface area (Å²) in [7, 11) is 0. The number of thiazole rings is 1. The lowest BCUT2D eigenvalue weighted by molar-refractivity contribution is -0.143. The predicted octanol–water partition coefficient (Wildman–Crippen LogP) is 3.54. The SMILES string of the molecule is CCCCN(C(=O)CN1C(=O)[C@@H]2[C@@H](C1=O)[C@H]1C=C[C@H]2C1)c1nc2ccc(C)cc2s1. The fourth-order valence-electron chi connectivity index (χ4n) is 5.12. The average molecular weight is 424 g/mol. The molecule has 2 fully saturated rings.